The van der Waals surface area contributed by atoms with Gasteiger partial charge in [-0.3, -0.25) is 4.79 Å². The second kappa shape index (κ2) is 8.54. The van der Waals surface area contributed by atoms with Crippen LogP contribution >= 0.6 is 12.2 Å². The van der Waals surface area contributed by atoms with Crippen LogP contribution in [0, 0.1) is 5.92 Å². The number of nitrogens with one attached hydrogen (secondary N) is 2. The zero-order valence-corrected chi connectivity index (χ0v) is 13.5. The molecule has 118 valence electrons. The van der Waals surface area contributed by atoms with Crippen molar-refractivity contribution in [3.8, 4) is 5.75 Å². The summed E-state index contributed by atoms with van der Waals surface area (Å²) in [4.78, 5) is 11.9. The summed E-state index contributed by atoms with van der Waals surface area (Å²) in [7, 11) is 0. The van der Waals surface area contributed by atoms with Gasteiger partial charge in [0.05, 0.1) is 0 Å². The fourth-order valence-electron chi connectivity index (χ4n) is 2.64. The summed E-state index contributed by atoms with van der Waals surface area (Å²) in [6, 6.07) is 7.43. The van der Waals surface area contributed by atoms with E-state index in [2.05, 4.69) is 17.2 Å². The highest BCUT2D eigenvalue weighted by Gasteiger charge is 2.18. The molecule has 5 heteroatoms. The average Bonchev–Trinajstić information content (AvgIpc) is 2.98. The monoisotopic (exact) mass is 318 g/mol. The average molecular weight is 318 g/mol. The van der Waals surface area contributed by atoms with Crippen LogP contribution in [0.15, 0.2) is 36.9 Å². The molecule has 2 N–H and O–H groups in total. The van der Waals surface area contributed by atoms with Crippen LogP contribution in [0.5, 0.6) is 5.75 Å². The van der Waals surface area contributed by atoms with Crippen molar-refractivity contribution in [1.82, 2.24) is 5.32 Å². The van der Waals surface area contributed by atoms with Gasteiger partial charge in [0.25, 0.3) is 0 Å². The van der Waals surface area contributed by atoms with Gasteiger partial charge in [-0.1, -0.05) is 31.6 Å². The van der Waals surface area contributed by atoms with Crippen molar-refractivity contribution in [3.63, 3.8) is 0 Å². The van der Waals surface area contributed by atoms with Crippen molar-refractivity contribution in [2.24, 2.45) is 5.92 Å². The molecule has 0 atom stereocenters. The van der Waals surface area contributed by atoms with Crippen molar-refractivity contribution in [2.45, 2.75) is 32.1 Å². The summed E-state index contributed by atoms with van der Waals surface area (Å²) in [5.74, 6) is 1.23. The number of carbonyl (C=O) groups is 1. The first-order valence-electron chi connectivity index (χ1n) is 7.62. The van der Waals surface area contributed by atoms with Gasteiger partial charge in [0.15, 0.2) is 5.11 Å². The second-order valence-electron chi connectivity index (χ2n) is 5.48. The summed E-state index contributed by atoms with van der Waals surface area (Å²) in [6.07, 6.45) is 7.02. The third-order valence-corrected chi connectivity index (χ3v) is 3.87. The molecule has 0 saturated heterocycles. The van der Waals surface area contributed by atoms with Crippen LogP contribution in [0.25, 0.3) is 0 Å². The Balaban J connectivity index is 1.80. The van der Waals surface area contributed by atoms with E-state index in [9.17, 15) is 4.79 Å². The summed E-state index contributed by atoms with van der Waals surface area (Å²) in [5.41, 5.74) is 0.785. The Morgan fingerprint density at radius 2 is 2.18 bits per heavy atom. The van der Waals surface area contributed by atoms with Crippen molar-refractivity contribution in [2.75, 3.05) is 11.9 Å². The van der Waals surface area contributed by atoms with Gasteiger partial charge >= 0.3 is 0 Å². The molecule has 1 aromatic rings. The maximum Gasteiger partial charge on any atom is 0.226 e. The van der Waals surface area contributed by atoms with Gasteiger partial charge in [0.1, 0.15) is 12.4 Å². The van der Waals surface area contributed by atoms with E-state index in [0.29, 0.717) is 24.1 Å². The van der Waals surface area contributed by atoms with Crippen molar-refractivity contribution in [3.05, 3.63) is 36.9 Å². The molecule has 0 spiro atoms. The molecular formula is C17H22N2O2S. The Hall–Kier alpha value is -1.88. The maximum absolute atomic E-state index is 11.9. The van der Waals surface area contributed by atoms with Gasteiger partial charge in [-0.25, -0.2) is 0 Å². The van der Waals surface area contributed by atoms with Crippen molar-refractivity contribution in [1.29, 1.82) is 0 Å². The van der Waals surface area contributed by atoms with Crippen LogP contribution in [-0.4, -0.2) is 17.6 Å². The lowest BCUT2D eigenvalue weighted by Gasteiger charge is -2.12. The molecule has 0 radical (unpaired) electrons. The lowest BCUT2D eigenvalue weighted by atomic mass is 10.0. The number of anilines is 1. The maximum atomic E-state index is 11.9. The minimum atomic E-state index is -0.0107. The first kappa shape index (κ1) is 16.5. The van der Waals surface area contributed by atoms with Crippen LogP contribution in [0.2, 0.25) is 0 Å². The zero-order valence-electron chi connectivity index (χ0n) is 12.6. The molecule has 0 heterocycles. The summed E-state index contributed by atoms with van der Waals surface area (Å²) in [6.45, 7) is 4.06. The Bertz CT molecular complexity index is 539. The number of benzene rings is 1. The van der Waals surface area contributed by atoms with Crippen LogP contribution < -0.4 is 15.4 Å². The molecule has 1 aromatic carbocycles. The van der Waals surface area contributed by atoms with E-state index in [4.69, 9.17) is 17.0 Å². The molecule has 1 aliphatic carbocycles. The smallest absolute Gasteiger partial charge is 0.226 e. The first-order valence-corrected chi connectivity index (χ1v) is 8.03. The molecule has 22 heavy (non-hydrogen) atoms. The third-order valence-electron chi connectivity index (χ3n) is 3.66. The summed E-state index contributed by atoms with van der Waals surface area (Å²) >= 11 is 5.18. The highest BCUT2D eigenvalue weighted by Crippen LogP contribution is 2.27. The van der Waals surface area contributed by atoms with Crippen LogP contribution in [0.3, 0.4) is 0 Å². The molecule has 1 saturated carbocycles. The molecular weight excluding hydrogens is 296 g/mol. The van der Waals surface area contributed by atoms with E-state index in [0.717, 1.165) is 24.3 Å². The second-order valence-corrected chi connectivity index (χ2v) is 5.89. The van der Waals surface area contributed by atoms with E-state index < -0.39 is 0 Å². The summed E-state index contributed by atoms with van der Waals surface area (Å²) < 4.78 is 5.46. The molecule has 2 rings (SSSR count). The van der Waals surface area contributed by atoms with E-state index >= 15 is 0 Å². The number of hydrogen-bond acceptors (Lipinski definition) is 3. The number of amides is 1. The lowest BCUT2D eigenvalue weighted by molar-refractivity contribution is -0.120. The SMILES string of the molecule is C=CCOc1cccc(NC(=S)NC(=O)CC2CCCC2)c1. The molecule has 1 amide bonds. The Kier molecular flexibility index (Phi) is 6.40. The van der Waals surface area contributed by atoms with Crippen LogP contribution in [0.4, 0.5) is 5.69 Å². The number of ether oxygens (including phenoxy) is 1. The van der Waals surface area contributed by atoms with E-state index in [1.165, 1.54) is 12.8 Å². The van der Waals surface area contributed by atoms with E-state index in [-0.39, 0.29) is 5.91 Å². The Morgan fingerprint density at radius 3 is 2.91 bits per heavy atom. The highest BCUT2D eigenvalue weighted by molar-refractivity contribution is 7.80. The lowest BCUT2D eigenvalue weighted by Crippen LogP contribution is -2.34. The molecule has 0 unspecified atom stereocenters. The third kappa shape index (κ3) is 5.48. The van der Waals surface area contributed by atoms with Crippen molar-refractivity contribution >= 4 is 28.9 Å². The van der Waals surface area contributed by atoms with E-state index in [1.54, 1.807) is 6.08 Å². The highest BCUT2D eigenvalue weighted by atomic mass is 32.1. The van der Waals surface area contributed by atoms with Gasteiger partial charge in [-0.2, -0.15) is 0 Å². The van der Waals surface area contributed by atoms with Crippen LogP contribution in [-0.2, 0) is 4.79 Å². The minimum absolute atomic E-state index is 0.0107. The molecule has 4 nitrogen and oxygen atoms in total. The standard InChI is InChI=1S/C17H22N2O2S/c1-2-10-21-15-9-5-8-14(12-15)18-17(22)19-16(20)11-13-6-3-4-7-13/h2,5,8-9,12-13H,1,3-4,6-7,10-11H2,(H2,18,19,20,22). The predicted octanol–water partition coefficient (Wildman–Crippen LogP) is 3.64. The fourth-order valence-corrected chi connectivity index (χ4v) is 2.87. The number of hydrogen-bond donors (Lipinski definition) is 2. The van der Waals surface area contributed by atoms with Gasteiger partial charge in [0.2, 0.25) is 5.91 Å². The number of carbonyl (C=O) groups excluding carboxylic acids is 1. The molecule has 0 bridgehead atoms. The van der Waals surface area contributed by atoms with Gasteiger partial charge in [-0.15, -0.1) is 0 Å². The minimum Gasteiger partial charge on any atom is -0.489 e. The molecule has 0 aliphatic heterocycles. The van der Waals surface area contributed by atoms with E-state index in [1.807, 2.05) is 24.3 Å². The predicted molar refractivity (Wildman–Crippen MR) is 93.1 cm³/mol. The first-order chi connectivity index (χ1) is 10.7. The fraction of sp³-hybridized carbons (Fsp3) is 0.412. The topological polar surface area (TPSA) is 50.4 Å². The normalized spacial score (nSPS) is 14.4. The zero-order chi connectivity index (χ0) is 15.8. The number of thiocarbonyl (C=S) groups is 1. The van der Waals surface area contributed by atoms with Gasteiger partial charge in [-0.05, 0) is 43.1 Å². The largest absolute Gasteiger partial charge is 0.489 e. The Morgan fingerprint density at radius 1 is 1.41 bits per heavy atom. The van der Waals surface area contributed by atoms with Gasteiger partial charge in [0, 0.05) is 18.2 Å². The van der Waals surface area contributed by atoms with Crippen LogP contribution in [0.1, 0.15) is 32.1 Å². The Labute approximate surface area is 136 Å². The number of rotatable bonds is 6. The quantitative estimate of drug-likeness (QED) is 0.621. The summed E-state index contributed by atoms with van der Waals surface area (Å²) in [5, 5.41) is 6.07. The molecule has 1 aliphatic rings. The van der Waals surface area contributed by atoms with Gasteiger partial charge < -0.3 is 15.4 Å². The molecule has 0 aromatic heterocycles. The molecule has 1 fully saturated rings. The van der Waals surface area contributed by atoms with Crippen molar-refractivity contribution < 1.29 is 9.53 Å².